The molecule has 1 atom stereocenters. The SMILES string of the molecule is CCCCCCCCCCCC(CS(=O)(=O)[O-])OC(C)=O.[Na+]. The van der Waals surface area contributed by atoms with Gasteiger partial charge in [-0.05, 0) is 12.8 Å². The van der Waals surface area contributed by atoms with Gasteiger partial charge in [0.05, 0.1) is 15.9 Å². The van der Waals surface area contributed by atoms with E-state index in [1.165, 1.54) is 45.4 Å². The van der Waals surface area contributed by atoms with Gasteiger partial charge in [-0.1, -0.05) is 58.3 Å². The fraction of sp³-hybridized carbons (Fsp3) is 0.933. The summed E-state index contributed by atoms with van der Waals surface area (Å²) >= 11 is 0. The molecule has 0 aromatic heterocycles. The van der Waals surface area contributed by atoms with Gasteiger partial charge in [-0.15, -0.1) is 0 Å². The van der Waals surface area contributed by atoms with Crippen molar-refractivity contribution < 1.29 is 52.1 Å². The summed E-state index contributed by atoms with van der Waals surface area (Å²) in [6, 6.07) is 0. The van der Waals surface area contributed by atoms with E-state index in [2.05, 4.69) is 6.92 Å². The molecule has 0 fully saturated rings. The van der Waals surface area contributed by atoms with E-state index in [0.717, 1.165) is 19.3 Å². The molecule has 0 saturated carbocycles. The van der Waals surface area contributed by atoms with Gasteiger partial charge in [0.15, 0.2) is 0 Å². The maximum atomic E-state index is 10.9. The minimum Gasteiger partial charge on any atom is -0.748 e. The fourth-order valence-electron chi connectivity index (χ4n) is 2.32. The average Bonchev–Trinajstić information content (AvgIpc) is 2.34. The van der Waals surface area contributed by atoms with Crippen LogP contribution < -0.4 is 29.6 Å². The standard InChI is InChI=1S/C15H30O5S.Na/c1-3-4-5-6-7-8-9-10-11-12-15(20-14(2)16)13-21(17,18)19;/h15H,3-13H2,1-2H3,(H,17,18,19);/q;+1/p-1. The zero-order valence-electron chi connectivity index (χ0n) is 14.3. The van der Waals surface area contributed by atoms with Crippen LogP contribution in [0.2, 0.25) is 0 Å². The smallest absolute Gasteiger partial charge is 0.748 e. The van der Waals surface area contributed by atoms with E-state index in [9.17, 15) is 17.8 Å². The normalized spacial score (nSPS) is 12.5. The molecule has 0 aromatic carbocycles. The van der Waals surface area contributed by atoms with Crippen LogP contribution in [0.1, 0.15) is 78.1 Å². The molecule has 22 heavy (non-hydrogen) atoms. The van der Waals surface area contributed by atoms with Crippen molar-refractivity contribution in [3.8, 4) is 0 Å². The zero-order chi connectivity index (χ0) is 16.1. The molecule has 1 unspecified atom stereocenters. The molecular weight excluding hydrogens is 315 g/mol. The fourth-order valence-corrected chi connectivity index (χ4v) is 3.01. The Morgan fingerprint density at radius 3 is 1.86 bits per heavy atom. The maximum absolute atomic E-state index is 10.9. The van der Waals surface area contributed by atoms with Crippen molar-refractivity contribution in [1.82, 2.24) is 0 Å². The van der Waals surface area contributed by atoms with Crippen LogP contribution in [0.25, 0.3) is 0 Å². The topological polar surface area (TPSA) is 83.5 Å². The first-order chi connectivity index (χ1) is 9.85. The van der Waals surface area contributed by atoms with Crippen molar-refractivity contribution >= 4 is 16.1 Å². The van der Waals surface area contributed by atoms with Crippen molar-refractivity contribution in [1.29, 1.82) is 0 Å². The Balaban J connectivity index is 0. The van der Waals surface area contributed by atoms with E-state index in [1.54, 1.807) is 0 Å². The van der Waals surface area contributed by atoms with E-state index >= 15 is 0 Å². The molecule has 0 bridgehead atoms. The summed E-state index contributed by atoms with van der Waals surface area (Å²) in [4.78, 5) is 10.9. The third-order valence-electron chi connectivity index (χ3n) is 3.35. The van der Waals surface area contributed by atoms with E-state index in [4.69, 9.17) is 4.74 Å². The molecule has 0 aliphatic carbocycles. The molecule has 0 heterocycles. The van der Waals surface area contributed by atoms with Crippen LogP contribution in [0.5, 0.6) is 0 Å². The van der Waals surface area contributed by atoms with Gasteiger partial charge in [-0.3, -0.25) is 4.79 Å². The largest absolute Gasteiger partial charge is 1.00 e. The maximum Gasteiger partial charge on any atom is 1.00 e. The van der Waals surface area contributed by atoms with Gasteiger partial charge < -0.3 is 9.29 Å². The molecule has 0 N–H and O–H groups in total. The van der Waals surface area contributed by atoms with Gasteiger partial charge in [0.2, 0.25) is 0 Å². The summed E-state index contributed by atoms with van der Waals surface area (Å²) in [5.74, 6) is -1.16. The number of carbonyl (C=O) groups is 1. The molecule has 0 spiro atoms. The number of ether oxygens (including phenoxy) is 1. The first kappa shape index (κ1) is 24.6. The Hall–Kier alpha value is 0.380. The molecule has 0 aliphatic rings. The van der Waals surface area contributed by atoms with E-state index < -0.39 is 27.9 Å². The summed E-state index contributed by atoms with van der Waals surface area (Å²) in [5.41, 5.74) is 0. The second kappa shape index (κ2) is 14.9. The summed E-state index contributed by atoms with van der Waals surface area (Å²) in [7, 11) is -4.36. The first-order valence-corrected chi connectivity index (χ1v) is 9.53. The summed E-state index contributed by atoms with van der Waals surface area (Å²) in [6.07, 6.45) is 10.0. The second-order valence-corrected chi connectivity index (χ2v) is 7.02. The van der Waals surface area contributed by atoms with Crippen molar-refractivity contribution in [3.63, 3.8) is 0 Å². The van der Waals surface area contributed by atoms with Crippen LogP contribution in [-0.4, -0.2) is 30.8 Å². The summed E-state index contributed by atoms with van der Waals surface area (Å²) in [5, 5.41) is 0. The molecule has 0 amide bonds. The molecule has 0 aromatic rings. The number of carbonyl (C=O) groups excluding carboxylic acids is 1. The average molecular weight is 344 g/mol. The Kier molecular flexibility index (Phi) is 16.7. The minimum absolute atomic E-state index is 0. The minimum atomic E-state index is -4.36. The van der Waals surface area contributed by atoms with Gasteiger partial charge in [0.25, 0.3) is 0 Å². The van der Waals surface area contributed by atoms with Gasteiger partial charge in [-0.25, -0.2) is 8.42 Å². The number of esters is 1. The van der Waals surface area contributed by atoms with Gasteiger partial charge >= 0.3 is 35.5 Å². The van der Waals surface area contributed by atoms with Gasteiger partial charge in [0.1, 0.15) is 6.10 Å². The van der Waals surface area contributed by atoms with Crippen LogP contribution in [0, 0.1) is 0 Å². The molecule has 5 nitrogen and oxygen atoms in total. The Morgan fingerprint density at radius 2 is 1.45 bits per heavy atom. The molecule has 0 radical (unpaired) electrons. The van der Waals surface area contributed by atoms with Gasteiger partial charge in [-0.2, -0.15) is 0 Å². The third kappa shape index (κ3) is 18.4. The molecular formula is C15H29NaO5S. The predicted octanol–water partition coefficient (Wildman–Crippen LogP) is 0.388. The van der Waals surface area contributed by atoms with Crippen molar-refractivity contribution in [2.24, 2.45) is 0 Å². The molecule has 0 saturated heterocycles. The first-order valence-electron chi connectivity index (χ1n) is 7.96. The summed E-state index contributed by atoms with van der Waals surface area (Å²) < 4.78 is 37.1. The van der Waals surface area contributed by atoms with Gasteiger partial charge in [0, 0.05) is 6.92 Å². The van der Waals surface area contributed by atoms with E-state index in [-0.39, 0.29) is 29.6 Å². The van der Waals surface area contributed by atoms with Crippen LogP contribution in [0.3, 0.4) is 0 Å². The Bertz CT molecular complexity index is 370. The number of rotatable bonds is 13. The predicted molar refractivity (Wildman–Crippen MR) is 82.0 cm³/mol. The monoisotopic (exact) mass is 344 g/mol. The van der Waals surface area contributed by atoms with Crippen LogP contribution >= 0.6 is 0 Å². The van der Waals surface area contributed by atoms with Crippen molar-refractivity contribution in [2.45, 2.75) is 84.2 Å². The van der Waals surface area contributed by atoms with E-state index in [0.29, 0.717) is 6.42 Å². The Labute approximate surface area is 157 Å². The number of hydrogen-bond acceptors (Lipinski definition) is 5. The van der Waals surface area contributed by atoms with E-state index in [1.807, 2.05) is 0 Å². The van der Waals surface area contributed by atoms with Crippen molar-refractivity contribution in [3.05, 3.63) is 0 Å². The Morgan fingerprint density at radius 1 is 1.00 bits per heavy atom. The molecule has 0 aliphatic heterocycles. The number of unbranched alkanes of at least 4 members (excludes halogenated alkanes) is 8. The molecule has 7 heteroatoms. The van der Waals surface area contributed by atoms with Crippen molar-refractivity contribution in [2.75, 3.05) is 5.75 Å². The zero-order valence-corrected chi connectivity index (χ0v) is 17.1. The van der Waals surface area contributed by atoms with Crippen LogP contribution in [0.15, 0.2) is 0 Å². The summed E-state index contributed by atoms with van der Waals surface area (Å²) in [6.45, 7) is 3.42. The number of hydrogen-bond donors (Lipinski definition) is 0. The third-order valence-corrected chi connectivity index (χ3v) is 4.13. The van der Waals surface area contributed by atoms with Crippen LogP contribution in [0.4, 0.5) is 0 Å². The molecule has 126 valence electrons. The second-order valence-electron chi connectivity index (χ2n) is 5.57. The molecule has 0 rings (SSSR count). The van der Waals surface area contributed by atoms with Crippen LogP contribution in [-0.2, 0) is 19.6 Å². The quantitative estimate of drug-likeness (QED) is 0.209.